The Morgan fingerprint density at radius 1 is 1.50 bits per heavy atom. The van der Waals surface area contributed by atoms with E-state index in [9.17, 15) is 0 Å². The molecule has 3 rings (SSSR count). The Labute approximate surface area is 101 Å². The third-order valence-electron chi connectivity index (χ3n) is 4.02. The second-order valence-corrected chi connectivity index (χ2v) is 6.51. The zero-order valence-electron chi connectivity index (χ0n) is 9.96. The van der Waals surface area contributed by atoms with E-state index in [1.54, 1.807) is 0 Å². The van der Waals surface area contributed by atoms with Gasteiger partial charge in [0, 0.05) is 24.2 Å². The summed E-state index contributed by atoms with van der Waals surface area (Å²) in [6.45, 7) is 4.42. The van der Waals surface area contributed by atoms with E-state index in [2.05, 4.69) is 17.2 Å². The van der Waals surface area contributed by atoms with Crippen molar-refractivity contribution in [2.45, 2.75) is 45.6 Å². The van der Waals surface area contributed by atoms with Crippen LogP contribution in [0.25, 0.3) is 0 Å². The molecule has 0 unspecified atom stereocenters. The summed E-state index contributed by atoms with van der Waals surface area (Å²) in [5, 5.41) is 4.90. The van der Waals surface area contributed by atoms with Crippen molar-refractivity contribution in [1.82, 2.24) is 10.3 Å². The first-order valence-corrected chi connectivity index (χ1v) is 7.28. The van der Waals surface area contributed by atoms with Crippen molar-refractivity contribution in [2.75, 3.05) is 6.54 Å². The Morgan fingerprint density at radius 3 is 2.88 bits per heavy atom. The minimum atomic E-state index is 0.721. The summed E-state index contributed by atoms with van der Waals surface area (Å²) in [5.41, 5.74) is 0.721. The van der Waals surface area contributed by atoms with Gasteiger partial charge in [0.25, 0.3) is 0 Å². The van der Waals surface area contributed by atoms with E-state index in [0.717, 1.165) is 24.3 Å². The predicted octanol–water partition coefficient (Wildman–Crippen LogP) is 2.99. The molecule has 1 aromatic rings. The second kappa shape index (κ2) is 4.11. The van der Waals surface area contributed by atoms with Gasteiger partial charge >= 0.3 is 0 Å². The molecule has 0 spiro atoms. The highest BCUT2D eigenvalue weighted by molar-refractivity contribution is 7.11. The number of aryl methyl sites for hydroxylation is 1. The molecular weight excluding hydrogens is 216 g/mol. The fraction of sp³-hybridized carbons (Fsp3) is 0.769. The number of aromatic nitrogens is 1. The van der Waals surface area contributed by atoms with E-state index >= 15 is 0 Å². The fourth-order valence-corrected chi connectivity index (χ4v) is 3.45. The van der Waals surface area contributed by atoms with Crippen LogP contribution >= 0.6 is 11.3 Å². The number of nitrogens with zero attached hydrogens (tertiary/aromatic N) is 1. The van der Waals surface area contributed by atoms with Crippen LogP contribution in [0.5, 0.6) is 0 Å². The van der Waals surface area contributed by atoms with Crippen molar-refractivity contribution in [3.8, 4) is 0 Å². The van der Waals surface area contributed by atoms with Gasteiger partial charge in [-0.25, -0.2) is 4.98 Å². The number of nitrogens with one attached hydrogen (secondary N) is 1. The summed E-state index contributed by atoms with van der Waals surface area (Å²) >= 11 is 1.85. The van der Waals surface area contributed by atoms with Gasteiger partial charge < -0.3 is 5.32 Å². The van der Waals surface area contributed by atoms with Gasteiger partial charge in [-0.05, 0) is 43.4 Å². The van der Waals surface area contributed by atoms with Gasteiger partial charge in [-0.15, -0.1) is 11.3 Å². The summed E-state index contributed by atoms with van der Waals surface area (Å²) in [7, 11) is 0. The van der Waals surface area contributed by atoms with Gasteiger partial charge in [0.05, 0.1) is 5.01 Å². The molecule has 2 nitrogen and oxygen atoms in total. The molecule has 0 saturated heterocycles. The molecule has 2 saturated carbocycles. The normalized spacial score (nSPS) is 22.3. The first-order valence-electron chi connectivity index (χ1n) is 6.47. The van der Waals surface area contributed by atoms with E-state index in [1.165, 1.54) is 42.1 Å². The molecule has 3 heteroatoms. The third-order valence-corrected chi connectivity index (χ3v) is 5.16. The molecule has 0 atom stereocenters. The Balaban J connectivity index is 1.46. The van der Waals surface area contributed by atoms with Gasteiger partial charge in [0.1, 0.15) is 0 Å². The summed E-state index contributed by atoms with van der Waals surface area (Å²) in [4.78, 5) is 5.78. The fourth-order valence-electron chi connectivity index (χ4n) is 2.61. The second-order valence-electron chi connectivity index (χ2n) is 5.31. The SMILES string of the molecule is CCc1ncc(CNCC2(C3CC3)CC2)s1. The van der Waals surface area contributed by atoms with Crippen LogP contribution in [0.2, 0.25) is 0 Å². The van der Waals surface area contributed by atoms with Crippen molar-refractivity contribution < 1.29 is 0 Å². The Hall–Kier alpha value is -0.410. The molecule has 1 N–H and O–H groups in total. The number of hydrogen-bond donors (Lipinski definition) is 1. The maximum atomic E-state index is 4.39. The summed E-state index contributed by atoms with van der Waals surface area (Å²) in [6.07, 6.45) is 9.01. The average molecular weight is 236 g/mol. The van der Waals surface area contributed by atoms with Crippen molar-refractivity contribution in [3.63, 3.8) is 0 Å². The number of thiazole rings is 1. The van der Waals surface area contributed by atoms with Gasteiger partial charge in [-0.3, -0.25) is 0 Å². The van der Waals surface area contributed by atoms with Gasteiger partial charge in [0.15, 0.2) is 0 Å². The molecule has 0 amide bonds. The molecule has 0 radical (unpaired) electrons. The van der Waals surface area contributed by atoms with E-state index in [1.807, 2.05) is 17.5 Å². The highest BCUT2D eigenvalue weighted by atomic mass is 32.1. The topological polar surface area (TPSA) is 24.9 Å². The number of rotatable bonds is 6. The standard InChI is InChI=1S/C13H20N2S/c1-2-12-15-8-11(16-12)7-14-9-13(5-6-13)10-3-4-10/h8,10,14H,2-7,9H2,1H3. The smallest absolute Gasteiger partial charge is 0.0925 e. The maximum absolute atomic E-state index is 4.39. The highest BCUT2D eigenvalue weighted by Gasteiger charge is 2.53. The van der Waals surface area contributed by atoms with Crippen LogP contribution in [-0.4, -0.2) is 11.5 Å². The van der Waals surface area contributed by atoms with Crippen LogP contribution in [0.3, 0.4) is 0 Å². The summed E-state index contributed by atoms with van der Waals surface area (Å²) in [6, 6.07) is 0. The molecule has 16 heavy (non-hydrogen) atoms. The van der Waals surface area contributed by atoms with Crippen molar-refractivity contribution in [3.05, 3.63) is 16.1 Å². The Bertz CT molecular complexity index is 364. The van der Waals surface area contributed by atoms with Gasteiger partial charge in [-0.1, -0.05) is 6.92 Å². The zero-order chi connectivity index (χ0) is 11.0. The maximum Gasteiger partial charge on any atom is 0.0925 e. The monoisotopic (exact) mass is 236 g/mol. The molecule has 1 aromatic heterocycles. The summed E-state index contributed by atoms with van der Waals surface area (Å²) < 4.78 is 0. The van der Waals surface area contributed by atoms with Crippen LogP contribution in [-0.2, 0) is 13.0 Å². The molecule has 2 fully saturated rings. The van der Waals surface area contributed by atoms with E-state index in [-0.39, 0.29) is 0 Å². The lowest BCUT2D eigenvalue weighted by atomic mass is 10.0. The molecule has 1 heterocycles. The molecule has 0 bridgehead atoms. The van der Waals surface area contributed by atoms with Gasteiger partial charge in [-0.2, -0.15) is 0 Å². The average Bonchev–Trinajstić information content (AvgIpc) is 3.17. The zero-order valence-corrected chi connectivity index (χ0v) is 10.8. The van der Waals surface area contributed by atoms with Gasteiger partial charge in [0.2, 0.25) is 0 Å². The molecule has 0 aromatic carbocycles. The van der Waals surface area contributed by atoms with Crippen molar-refractivity contribution >= 4 is 11.3 Å². The van der Waals surface area contributed by atoms with Crippen molar-refractivity contribution in [2.24, 2.45) is 11.3 Å². The first kappa shape index (κ1) is 10.7. The molecule has 2 aliphatic carbocycles. The van der Waals surface area contributed by atoms with E-state index in [4.69, 9.17) is 0 Å². The highest BCUT2D eigenvalue weighted by Crippen LogP contribution is 2.60. The molecule has 0 aliphatic heterocycles. The first-order chi connectivity index (χ1) is 7.82. The lowest BCUT2D eigenvalue weighted by Crippen LogP contribution is -2.24. The number of hydrogen-bond acceptors (Lipinski definition) is 3. The van der Waals surface area contributed by atoms with Crippen LogP contribution in [0.15, 0.2) is 6.20 Å². The minimum Gasteiger partial charge on any atom is -0.311 e. The largest absolute Gasteiger partial charge is 0.311 e. The van der Waals surface area contributed by atoms with Crippen LogP contribution < -0.4 is 5.32 Å². The summed E-state index contributed by atoms with van der Waals surface area (Å²) in [5.74, 6) is 1.06. The molecule has 2 aliphatic rings. The third kappa shape index (κ3) is 2.16. The Morgan fingerprint density at radius 2 is 2.31 bits per heavy atom. The van der Waals surface area contributed by atoms with Crippen molar-refractivity contribution in [1.29, 1.82) is 0 Å². The minimum absolute atomic E-state index is 0.721. The molecular formula is C13H20N2S. The van der Waals surface area contributed by atoms with Crippen LogP contribution in [0, 0.1) is 11.3 Å². The predicted molar refractivity (Wildman–Crippen MR) is 67.6 cm³/mol. The lowest BCUT2D eigenvalue weighted by molar-refractivity contribution is 0.404. The lowest BCUT2D eigenvalue weighted by Gasteiger charge is -2.14. The van der Waals surface area contributed by atoms with Crippen LogP contribution in [0.1, 0.15) is 42.5 Å². The van der Waals surface area contributed by atoms with E-state index < -0.39 is 0 Å². The quantitative estimate of drug-likeness (QED) is 0.821. The van der Waals surface area contributed by atoms with E-state index in [0.29, 0.717) is 0 Å². The van der Waals surface area contributed by atoms with Crippen LogP contribution in [0.4, 0.5) is 0 Å². The Kier molecular flexibility index (Phi) is 2.76. The molecule has 88 valence electrons.